The molecule has 1 fully saturated rings. The third-order valence-electron chi connectivity index (χ3n) is 10.4. The fraction of sp³-hybridized carbons (Fsp3) is 0.467. The van der Waals surface area contributed by atoms with Crippen molar-refractivity contribution >= 4 is 35.6 Å². The molecule has 0 radical (unpaired) electrons. The van der Waals surface area contributed by atoms with Crippen molar-refractivity contribution in [1.29, 1.82) is 0 Å². The second-order valence-corrected chi connectivity index (χ2v) is 16.1. The molecular formula is C45H55F2N3O9. The lowest BCUT2D eigenvalue weighted by Gasteiger charge is -2.37. The van der Waals surface area contributed by atoms with E-state index in [-0.39, 0.29) is 19.3 Å². The van der Waals surface area contributed by atoms with Gasteiger partial charge in [-0.15, -0.1) is 0 Å². The third-order valence-corrected chi connectivity index (χ3v) is 10.4. The van der Waals surface area contributed by atoms with Crippen molar-refractivity contribution in [1.82, 2.24) is 14.7 Å². The molecule has 0 N–H and O–H groups in total. The molecule has 0 aliphatic carbocycles. The van der Waals surface area contributed by atoms with Gasteiger partial charge >= 0.3 is 17.9 Å². The van der Waals surface area contributed by atoms with Crippen LogP contribution in [0.15, 0.2) is 78.9 Å². The summed E-state index contributed by atoms with van der Waals surface area (Å²) < 4.78 is 46.7. The number of carbonyl (C=O) groups is 6. The molecule has 12 nitrogen and oxygen atoms in total. The van der Waals surface area contributed by atoms with Gasteiger partial charge in [-0.05, 0) is 58.7 Å². The van der Waals surface area contributed by atoms with Crippen molar-refractivity contribution in [3.05, 3.63) is 107 Å². The summed E-state index contributed by atoms with van der Waals surface area (Å²) in [5.41, 5.74) is 1.32. The molecule has 0 unspecified atom stereocenters. The van der Waals surface area contributed by atoms with Gasteiger partial charge in [0, 0.05) is 40.4 Å². The Labute approximate surface area is 344 Å². The van der Waals surface area contributed by atoms with Crippen LogP contribution in [-0.2, 0) is 62.2 Å². The van der Waals surface area contributed by atoms with E-state index < -0.39 is 101 Å². The number of benzene rings is 3. The maximum atomic E-state index is 14.4. The minimum atomic E-state index is -1.51. The van der Waals surface area contributed by atoms with Gasteiger partial charge in [-0.25, -0.2) is 23.2 Å². The zero-order chi connectivity index (χ0) is 43.7. The quantitative estimate of drug-likeness (QED) is 0.211. The Morgan fingerprint density at radius 2 is 0.746 bits per heavy atom. The molecule has 0 saturated carbocycles. The van der Waals surface area contributed by atoms with Gasteiger partial charge in [-0.3, -0.25) is 14.4 Å². The molecule has 4 rings (SSSR count). The molecule has 1 saturated heterocycles. The molecule has 1 aliphatic heterocycles. The molecule has 6 atom stereocenters. The summed E-state index contributed by atoms with van der Waals surface area (Å²) in [5, 5.41) is 0. The molecule has 1 heterocycles. The molecule has 318 valence electrons. The minimum absolute atomic E-state index is 0.0416. The van der Waals surface area contributed by atoms with Crippen LogP contribution in [0.3, 0.4) is 0 Å². The summed E-state index contributed by atoms with van der Waals surface area (Å²) in [7, 11) is 4.00. The van der Waals surface area contributed by atoms with Crippen molar-refractivity contribution in [3.63, 3.8) is 0 Å². The van der Waals surface area contributed by atoms with Gasteiger partial charge in [0.05, 0.1) is 0 Å². The number of hydrogen-bond acceptors (Lipinski definition) is 9. The standard InChI is InChI=1S/C45H55F2N3O9/c1-26(2)37-40(51)48(7)34(23-29-15-11-10-12-16-29)43(54)57-38(27(3)4)41(52)49(8)36(25-31-18-14-20-33(47)22-31)45(56)59-39(28(5)6)42(53)50(9)35(44(55)58-37)24-30-17-13-19-32(46)21-30/h10-22,26-28,34-39H,23-25H2,1-9H3/t34-,35-,36-,37+,38+,39+/m0/s1. The van der Waals surface area contributed by atoms with Gasteiger partial charge in [0.1, 0.15) is 29.8 Å². The first kappa shape index (κ1) is 46.0. The summed E-state index contributed by atoms with van der Waals surface area (Å²) in [6.45, 7) is 9.83. The van der Waals surface area contributed by atoms with E-state index in [0.29, 0.717) is 16.7 Å². The van der Waals surface area contributed by atoms with Gasteiger partial charge in [-0.1, -0.05) is 96.1 Å². The number of hydrogen-bond donors (Lipinski definition) is 0. The highest BCUT2D eigenvalue weighted by Gasteiger charge is 2.44. The van der Waals surface area contributed by atoms with E-state index in [1.165, 1.54) is 57.5 Å². The summed E-state index contributed by atoms with van der Waals surface area (Å²) in [4.78, 5) is 89.5. The van der Waals surface area contributed by atoms with Crippen LogP contribution >= 0.6 is 0 Å². The van der Waals surface area contributed by atoms with Crippen molar-refractivity contribution in [2.24, 2.45) is 17.8 Å². The normalized spacial score (nSPS) is 23.3. The highest BCUT2D eigenvalue weighted by Crippen LogP contribution is 2.24. The van der Waals surface area contributed by atoms with Crippen LogP contribution < -0.4 is 0 Å². The average molecular weight is 820 g/mol. The van der Waals surface area contributed by atoms with E-state index in [0.717, 1.165) is 14.7 Å². The summed E-state index contributed by atoms with van der Waals surface area (Å²) >= 11 is 0. The van der Waals surface area contributed by atoms with E-state index in [1.807, 2.05) is 0 Å². The van der Waals surface area contributed by atoms with Crippen LogP contribution in [0.2, 0.25) is 0 Å². The lowest BCUT2D eigenvalue weighted by Crippen LogP contribution is -2.56. The fourth-order valence-corrected chi connectivity index (χ4v) is 6.84. The molecule has 0 spiro atoms. The fourth-order valence-electron chi connectivity index (χ4n) is 6.84. The van der Waals surface area contributed by atoms with Crippen molar-refractivity contribution < 1.29 is 51.8 Å². The molecule has 1 aliphatic rings. The van der Waals surface area contributed by atoms with Crippen molar-refractivity contribution in [3.8, 4) is 0 Å². The molecule has 14 heteroatoms. The lowest BCUT2D eigenvalue weighted by molar-refractivity contribution is -0.179. The average Bonchev–Trinajstić information content (AvgIpc) is 3.19. The Hall–Kier alpha value is -5.66. The number of nitrogens with zero attached hydrogens (tertiary/aromatic N) is 3. The van der Waals surface area contributed by atoms with E-state index in [4.69, 9.17) is 14.2 Å². The Balaban J connectivity index is 1.90. The number of carbonyl (C=O) groups excluding carboxylic acids is 6. The largest absolute Gasteiger partial charge is 0.450 e. The van der Waals surface area contributed by atoms with Gasteiger partial charge in [0.25, 0.3) is 17.7 Å². The topological polar surface area (TPSA) is 140 Å². The van der Waals surface area contributed by atoms with E-state index in [9.17, 15) is 37.5 Å². The molecule has 3 amide bonds. The van der Waals surface area contributed by atoms with E-state index in [2.05, 4.69) is 0 Å². The Morgan fingerprint density at radius 3 is 1.03 bits per heavy atom. The number of esters is 3. The van der Waals surface area contributed by atoms with Crippen LogP contribution in [0.5, 0.6) is 0 Å². The highest BCUT2D eigenvalue weighted by atomic mass is 19.1. The highest BCUT2D eigenvalue weighted by molar-refractivity contribution is 5.94. The summed E-state index contributed by atoms with van der Waals surface area (Å²) in [6.07, 6.45) is -4.98. The second kappa shape index (κ2) is 20.3. The predicted molar refractivity (Wildman–Crippen MR) is 214 cm³/mol. The van der Waals surface area contributed by atoms with Crippen molar-refractivity contribution in [2.75, 3.05) is 21.1 Å². The monoisotopic (exact) mass is 819 g/mol. The number of rotatable bonds is 9. The lowest BCUT2D eigenvalue weighted by atomic mass is 9.99. The molecule has 3 aromatic carbocycles. The summed E-state index contributed by atoms with van der Waals surface area (Å²) in [6, 6.07) is 15.4. The summed E-state index contributed by atoms with van der Waals surface area (Å²) in [5.74, 6) is -8.42. The maximum absolute atomic E-state index is 14.4. The number of ether oxygens (including phenoxy) is 3. The van der Waals surface area contributed by atoms with Crippen LogP contribution in [-0.4, -0.2) is 108 Å². The zero-order valence-electron chi connectivity index (χ0n) is 35.1. The zero-order valence-corrected chi connectivity index (χ0v) is 35.1. The van der Waals surface area contributed by atoms with Crippen LogP contribution in [0, 0.1) is 29.4 Å². The maximum Gasteiger partial charge on any atom is 0.329 e. The Kier molecular flexibility index (Phi) is 15.9. The number of halogens is 2. The van der Waals surface area contributed by atoms with Crippen LogP contribution in [0.4, 0.5) is 8.78 Å². The first-order chi connectivity index (χ1) is 27.8. The Morgan fingerprint density at radius 1 is 0.458 bits per heavy atom. The van der Waals surface area contributed by atoms with E-state index in [1.54, 1.807) is 84.0 Å². The van der Waals surface area contributed by atoms with Crippen LogP contribution in [0.25, 0.3) is 0 Å². The first-order valence-corrected chi connectivity index (χ1v) is 19.7. The first-order valence-electron chi connectivity index (χ1n) is 19.7. The van der Waals surface area contributed by atoms with Gasteiger partial charge < -0.3 is 28.9 Å². The smallest absolute Gasteiger partial charge is 0.329 e. The predicted octanol–water partition coefficient (Wildman–Crippen LogP) is 5.19. The van der Waals surface area contributed by atoms with E-state index >= 15 is 0 Å². The molecule has 0 aromatic heterocycles. The van der Waals surface area contributed by atoms with Gasteiger partial charge in [0.2, 0.25) is 0 Å². The third kappa shape index (κ3) is 11.7. The molecule has 0 bridgehead atoms. The second-order valence-electron chi connectivity index (χ2n) is 16.1. The van der Waals surface area contributed by atoms with Gasteiger partial charge in [0.15, 0.2) is 18.3 Å². The molecule has 59 heavy (non-hydrogen) atoms. The van der Waals surface area contributed by atoms with Crippen molar-refractivity contribution in [2.45, 2.75) is 97.2 Å². The number of amides is 3. The molecular weight excluding hydrogens is 765 g/mol. The SMILES string of the molecule is CC(C)[C@H]1OC(=O)[C@H](Cc2cccc(F)c2)N(C)C(=O)[C@@H](C(C)C)OC(=O)[C@H](Cc2cccc(F)c2)N(C)C(=O)[C@@H](C(C)C)OC(=O)[C@H](Cc2ccccc2)N(C)C1=O. The molecule has 3 aromatic rings. The number of cyclic esters (lactones) is 3. The van der Waals surface area contributed by atoms with Gasteiger partial charge in [-0.2, -0.15) is 0 Å². The Bertz CT molecular complexity index is 1920. The van der Waals surface area contributed by atoms with Crippen LogP contribution in [0.1, 0.15) is 58.2 Å². The minimum Gasteiger partial charge on any atom is -0.450 e. The number of likely N-dealkylation sites (N-methyl/N-ethyl adjacent to an activating group) is 3.